The first-order valence-electron chi connectivity index (χ1n) is 7.17. The third kappa shape index (κ3) is 9.04. The number of nitrogens with zero attached hydrogens (tertiary/aromatic N) is 2. The Morgan fingerprint density at radius 3 is 2.73 bits per heavy atom. The van der Waals surface area contributed by atoms with E-state index in [2.05, 4.69) is 20.6 Å². The lowest BCUT2D eigenvalue weighted by Gasteiger charge is -2.21. The Morgan fingerprint density at radius 1 is 1.36 bits per heavy atom. The molecule has 0 aliphatic rings. The zero-order chi connectivity index (χ0) is 15.6. The predicted octanol–water partition coefficient (Wildman–Crippen LogP) is 2.06. The van der Waals surface area contributed by atoms with Crippen LogP contribution in [0.3, 0.4) is 0 Å². The first-order chi connectivity index (χ1) is 10.1. The predicted molar refractivity (Wildman–Crippen MR) is 100 cm³/mol. The molecule has 22 heavy (non-hydrogen) atoms. The number of aliphatic imine (C=N–C) groups is 1. The van der Waals surface area contributed by atoms with Gasteiger partial charge in [-0.1, -0.05) is 0 Å². The highest BCUT2D eigenvalue weighted by Crippen LogP contribution is 2.07. The van der Waals surface area contributed by atoms with E-state index in [0.29, 0.717) is 19.7 Å². The lowest BCUT2D eigenvalue weighted by Crippen LogP contribution is -2.40. The number of methoxy groups -OCH3 is 1. The first-order valence-corrected chi connectivity index (χ1v) is 7.17. The molecule has 0 spiro atoms. The molecule has 1 heterocycles. The summed E-state index contributed by atoms with van der Waals surface area (Å²) in [4.78, 5) is 8.50. The van der Waals surface area contributed by atoms with E-state index < -0.39 is 0 Å². The van der Waals surface area contributed by atoms with Crippen LogP contribution in [-0.2, 0) is 4.74 Å². The molecule has 0 bridgehead atoms. The van der Waals surface area contributed by atoms with Crippen molar-refractivity contribution in [3.8, 4) is 5.75 Å². The van der Waals surface area contributed by atoms with Crippen LogP contribution >= 0.6 is 24.0 Å². The Labute approximate surface area is 150 Å². The van der Waals surface area contributed by atoms with E-state index in [4.69, 9.17) is 9.47 Å². The molecule has 0 aromatic carbocycles. The average Bonchev–Trinajstić information content (AvgIpc) is 2.50. The van der Waals surface area contributed by atoms with Crippen molar-refractivity contribution >= 4 is 29.9 Å². The minimum absolute atomic E-state index is 0. The number of hydrogen-bond acceptors (Lipinski definition) is 4. The van der Waals surface area contributed by atoms with Crippen LogP contribution in [0.25, 0.3) is 0 Å². The summed E-state index contributed by atoms with van der Waals surface area (Å²) in [5.74, 6) is 1.53. The molecule has 1 rings (SSSR count). The molecule has 0 unspecified atom stereocenters. The summed E-state index contributed by atoms with van der Waals surface area (Å²) in [6.45, 7) is 8.64. The number of rotatable bonds is 8. The fourth-order valence-electron chi connectivity index (χ4n) is 1.45. The Morgan fingerprint density at radius 2 is 2.14 bits per heavy atom. The van der Waals surface area contributed by atoms with Gasteiger partial charge in [-0.3, -0.25) is 9.98 Å². The van der Waals surface area contributed by atoms with Gasteiger partial charge in [-0.25, -0.2) is 0 Å². The lowest BCUT2D eigenvalue weighted by atomic mass is 10.1. The van der Waals surface area contributed by atoms with Crippen LogP contribution in [0.15, 0.2) is 29.5 Å². The van der Waals surface area contributed by atoms with Crippen LogP contribution in [0.4, 0.5) is 0 Å². The molecule has 2 N–H and O–H groups in total. The minimum Gasteiger partial charge on any atom is -0.490 e. The number of aromatic nitrogens is 1. The zero-order valence-corrected chi connectivity index (χ0v) is 16.1. The van der Waals surface area contributed by atoms with Crippen LogP contribution in [0.5, 0.6) is 5.75 Å². The highest BCUT2D eigenvalue weighted by atomic mass is 127. The van der Waals surface area contributed by atoms with Crippen molar-refractivity contribution in [1.82, 2.24) is 15.6 Å². The monoisotopic (exact) mass is 422 g/mol. The molecule has 1 aromatic heterocycles. The molecule has 0 radical (unpaired) electrons. The van der Waals surface area contributed by atoms with Gasteiger partial charge in [0.2, 0.25) is 0 Å². The summed E-state index contributed by atoms with van der Waals surface area (Å²) in [6.07, 6.45) is 3.42. The SMILES string of the molecule is CCNC(=NCC(C)(C)OC)NCCOc1cccnc1.I. The smallest absolute Gasteiger partial charge is 0.191 e. The highest BCUT2D eigenvalue weighted by Gasteiger charge is 2.15. The second-order valence-electron chi connectivity index (χ2n) is 5.12. The van der Waals surface area contributed by atoms with Gasteiger partial charge in [0.25, 0.3) is 0 Å². The van der Waals surface area contributed by atoms with E-state index in [1.54, 1.807) is 19.5 Å². The summed E-state index contributed by atoms with van der Waals surface area (Å²) >= 11 is 0. The van der Waals surface area contributed by atoms with Gasteiger partial charge in [0, 0.05) is 19.9 Å². The van der Waals surface area contributed by atoms with Crippen molar-refractivity contribution < 1.29 is 9.47 Å². The maximum absolute atomic E-state index is 5.57. The van der Waals surface area contributed by atoms with Crippen molar-refractivity contribution in [2.24, 2.45) is 4.99 Å². The van der Waals surface area contributed by atoms with E-state index in [-0.39, 0.29) is 29.6 Å². The minimum atomic E-state index is -0.269. The normalized spacial score (nSPS) is 11.5. The topological polar surface area (TPSA) is 67.8 Å². The number of nitrogens with one attached hydrogen (secondary N) is 2. The third-order valence-corrected chi connectivity index (χ3v) is 2.81. The van der Waals surface area contributed by atoms with Crippen LogP contribution in [0.2, 0.25) is 0 Å². The molecule has 6 nitrogen and oxygen atoms in total. The van der Waals surface area contributed by atoms with Crippen LogP contribution in [-0.4, -0.2) is 49.9 Å². The molecule has 7 heteroatoms. The fraction of sp³-hybridized carbons (Fsp3) is 0.600. The van der Waals surface area contributed by atoms with E-state index in [0.717, 1.165) is 18.3 Å². The number of halogens is 1. The maximum Gasteiger partial charge on any atom is 0.191 e. The van der Waals surface area contributed by atoms with Gasteiger partial charge in [-0.05, 0) is 32.9 Å². The Balaban J connectivity index is 0.00000441. The summed E-state index contributed by atoms with van der Waals surface area (Å²) in [5, 5.41) is 6.42. The fourth-order valence-corrected chi connectivity index (χ4v) is 1.45. The van der Waals surface area contributed by atoms with Crippen molar-refractivity contribution in [2.75, 3.05) is 33.4 Å². The molecule has 0 saturated carbocycles. The van der Waals surface area contributed by atoms with Crippen LogP contribution < -0.4 is 15.4 Å². The quantitative estimate of drug-likeness (QED) is 0.291. The molecule has 1 aromatic rings. The second-order valence-corrected chi connectivity index (χ2v) is 5.12. The van der Waals surface area contributed by atoms with Gasteiger partial charge < -0.3 is 20.1 Å². The van der Waals surface area contributed by atoms with Crippen LogP contribution in [0.1, 0.15) is 20.8 Å². The number of ether oxygens (including phenoxy) is 2. The van der Waals surface area contributed by atoms with Crippen molar-refractivity contribution in [1.29, 1.82) is 0 Å². The molecule has 0 aliphatic carbocycles. The number of pyridine rings is 1. The maximum atomic E-state index is 5.57. The van der Waals surface area contributed by atoms with Gasteiger partial charge in [0.15, 0.2) is 5.96 Å². The van der Waals surface area contributed by atoms with Gasteiger partial charge in [0.05, 0.1) is 24.9 Å². The standard InChI is InChI=1S/C15H26N4O2.HI/c1-5-17-14(19-12-15(2,3)20-4)18-9-10-21-13-7-6-8-16-11-13;/h6-8,11H,5,9-10,12H2,1-4H3,(H2,17,18,19);1H. The molecule has 0 aliphatic heterocycles. The Bertz CT molecular complexity index is 427. The van der Waals surface area contributed by atoms with Gasteiger partial charge >= 0.3 is 0 Å². The van der Waals surface area contributed by atoms with Gasteiger partial charge in [0.1, 0.15) is 12.4 Å². The van der Waals surface area contributed by atoms with E-state index in [9.17, 15) is 0 Å². The summed E-state index contributed by atoms with van der Waals surface area (Å²) in [5.41, 5.74) is -0.269. The number of guanidine groups is 1. The molecule has 0 amide bonds. The second kappa shape index (κ2) is 11.5. The average molecular weight is 422 g/mol. The molecule has 0 fully saturated rings. The Hall–Kier alpha value is -1.09. The molecule has 0 saturated heterocycles. The van der Waals surface area contributed by atoms with Crippen molar-refractivity contribution in [2.45, 2.75) is 26.4 Å². The summed E-state index contributed by atoms with van der Waals surface area (Å²) in [7, 11) is 1.69. The third-order valence-electron chi connectivity index (χ3n) is 2.81. The largest absolute Gasteiger partial charge is 0.490 e. The van der Waals surface area contributed by atoms with Gasteiger partial charge in [-0.2, -0.15) is 0 Å². The molecular formula is C15H27IN4O2. The van der Waals surface area contributed by atoms with Crippen molar-refractivity contribution in [3.05, 3.63) is 24.5 Å². The summed E-state index contributed by atoms with van der Waals surface area (Å²) in [6, 6.07) is 3.73. The van der Waals surface area contributed by atoms with Crippen molar-refractivity contribution in [3.63, 3.8) is 0 Å². The van der Waals surface area contributed by atoms with E-state index in [1.165, 1.54) is 0 Å². The molecular weight excluding hydrogens is 395 g/mol. The Kier molecular flexibility index (Phi) is 10.9. The van der Waals surface area contributed by atoms with Gasteiger partial charge in [-0.15, -0.1) is 24.0 Å². The number of hydrogen-bond donors (Lipinski definition) is 2. The molecule has 126 valence electrons. The summed E-state index contributed by atoms with van der Waals surface area (Å²) < 4.78 is 10.9. The van der Waals surface area contributed by atoms with E-state index in [1.807, 2.05) is 32.9 Å². The van der Waals surface area contributed by atoms with Crippen LogP contribution in [0, 0.1) is 0 Å². The molecule has 0 atom stereocenters. The highest BCUT2D eigenvalue weighted by molar-refractivity contribution is 14.0. The van der Waals surface area contributed by atoms with E-state index >= 15 is 0 Å². The first kappa shape index (κ1) is 20.9. The lowest BCUT2D eigenvalue weighted by molar-refractivity contribution is 0.0310. The zero-order valence-electron chi connectivity index (χ0n) is 13.8.